The van der Waals surface area contributed by atoms with Gasteiger partial charge in [-0.05, 0) is 55.1 Å². The molecule has 0 saturated carbocycles. The first-order valence-electron chi connectivity index (χ1n) is 14.8. The van der Waals surface area contributed by atoms with Gasteiger partial charge < -0.3 is 43.0 Å². The number of nitriles is 1. The molecule has 1 aromatic heterocycles. The van der Waals surface area contributed by atoms with Crippen LogP contribution in [0.5, 0.6) is 11.5 Å². The lowest BCUT2D eigenvalue weighted by atomic mass is 10.0. The number of ether oxygens (including phenoxy) is 5. The van der Waals surface area contributed by atoms with Crippen molar-refractivity contribution in [1.29, 1.82) is 5.26 Å². The fourth-order valence-electron chi connectivity index (χ4n) is 4.71. The molecule has 45 heavy (non-hydrogen) atoms. The highest BCUT2D eigenvalue weighted by Crippen LogP contribution is 2.35. The van der Waals surface area contributed by atoms with Crippen LogP contribution >= 0.6 is 30.4 Å². The number of anilines is 3. The van der Waals surface area contributed by atoms with Crippen LogP contribution in [0.3, 0.4) is 0 Å². The van der Waals surface area contributed by atoms with E-state index in [0.717, 1.165) is 54.4 Å². The van der Waals surface area contributed by atoms with E-state index in [1.807, 2.05) is 30.3 Å². The predicted molar refractivity (Wildman–Crippen MR) is 186 cm³/mol. The average Bonchev–Trinajstić information content (AvgIpc) is 3.07. The van der Waals surface area contributed by atoms with Crippen molar-refractivity contribution in [2.45, 2.75) is 0 Å². The first kappa shape index (κ1) is 35.0. The molecule has 3 aromatic rings. The number of likely N-dealkylation sites (N-methyl/N-ethyl adjacent to an activating group) is 1. The molecule has 1 N–H and O–H groups in total. The Hall–Kier alpha value is -2.84. The number of aromatic nitrogens is 1. The zero-order chi connectivity index (χ0) is 31.7. The SMILES string of the molecule is COc1ccc(C#N)cc1-c1ccnc(Nc2ccc(N3CCN(C)CC3)c(OCCOCCOCCOCCOSI)c2)c1. The third-order valence-electron chi connectivity index (χ3n) is 7.06. The lowest BCUT2D eigenvalue weighted by Crippen LogP contribution is -2.44. The summed E-state index contributed by atoms with van der Waals surface area (Å²) in [6, 6.07) is 17.5. The maximum Gasteiger partial charge on any atom is 0.144 e. The minimum Gasteiger partial charge on any atom is -0.496 e. The zero-order valence-corrected chi connectivity index (χ0v) is 28.7. The van der Waals surface area contributed by atoms with Crippen LogP contribution in [0.1, 0.15) is 5.56 Å². The summed E-state index contributed by atoms with van der Waals surface area (Å²) in [5.74, 6) is 2.14. The molecule has 11 nitrogen and oxygen atoms in total. The number of halogens is 1. The topological polar surface area (TPSA) is 111 Å². The Balaban J connectivity index is 1.35. The fourth-order valence-corrected chi connectivity index (χ4v) is 5.38. The molecule has 1 aliphatic rings. The molecular weight excluding hydrogens is 709 g/mol. The smallest absolute Gasteiger partial charge is 0.144 e. The highest BCUT2D eigenvalue weighted by molar-refractivity contribution is 14.2. The van der Waals surface area contributed by atoms with Crippen LogP contribution in [0, 0.1) is 11.3 Å². The van der Waals surface area contributed by atoms with Crippen LogP contribution < -0.4 is 19.7 Å². The molecule has 0 amide bonds. The summed E-state index contributed by atoms with van der Waals surface area (Å²) in [4.78, 5) is 9.21. The largest absolute Gasteiger partial charge is 0.496 e. The van der Waals surface area contributed by atoms with Crippen LogP contribution in [0.15, 0.2) is 54.7 Å². The van der Waals surface area contributed by atoms with E-state index in [-0.39, 0.29) is 0 Å². The Kier molecular flexibility index (Phi) is 15.3. The summed E-state index contributed by atoms with van der Waals surface area (Å²) < 4.78 is 33.7. The number of piperazine rings is 1. The van der Waals surface area contributed by atoms with E-state index in [0.29, 0.717) is 70.0 Å². The van der Waals surface area contributed by atoms with Crippen LogP contribution in [-0.2, 0) is 18.4 Å². The summed E-state index contributed by atoms with van der Waals surface area (Å²) in [5, 5.41) is 12.8. The summed E-state index contributed by atoms with van der Waals surface area (Å²) in [6.07, 6.45) is 1.74. The number of methoxy groups -OCH3 is 1. The maximum atomic E-state index is 9.39. The Morgan fingerprint density at radius 1 is 0.867 bits per heavy atom. The Morgan fingerprint density at radius 3 is 2.27 bits per heavy atom. The summed E-state index contributed by atoms with van der Waals surface area (Å²) in [7, 11) is 5.07. The van der Waals surface area contributed by atoms with E-state index in [1.165, 1.54) is 9.21 Å². The molecule has 1 aliphatic heterocycles. The Bertz CT molecular complexity index is 1370. The van der Waals surface area contributed by atoms with E-state index in [2.05, 4.69) is 60.5 Å². The maximum absolute atomic E-state index is 9.39. The van der Waals surface area contributed by atoms with Crippen molar-refractivity contribution >= 4 is 47.6 Å². The third-order valence-corrected chi connectivity index (χ3v) is 8.08. The van der Waals surface area contributed by atoms with E-state index in [4.69, 9.17) is 27.9 Å². The molecule has 2 heterocycles. The molecule has 0 unspecified atom stereocenters. The van der Waals surface area contributed by atoms with Crippen molar-refractivity contribution in [1.82, 2.24) is 9.88 Å². The van der Waals surface area contributed by atoms with E-state index in [1.54, 1.807) is 25.4 Å². The van der Waals surface area contributed by atoms with Crippen molar-refractivity contribution in [3.05, 3.63) is 60.3 Å². The standard InChI is InChI=1S/C32H40IN5O6S/c1-37-9-11-38(12-10-37)29-5-4-27(23-31(29)43-19-17-41-15-13-40-14-16-42-18-20-44-45-33)36-32-22-26(7-8-35-32)28-21-25(24-34)3-6-30(28)39-2/h3-8,21-23H,9-20H2,1-2H3,(H,35,36). The van der Waals surface area contributed by atoms with Crippen molar-refractivity contribution in [3.8, 4) is 28.7 Å². The van der Waals surface area contributed by atoms with Gasteiger partial charge in [-0.1, -0.05) is 0 Å². The highest BCUT2D eigenvalue weighted by atomic mass is 127. The molecular formula is C32H40IN5O6S. The summed E-state index contributed by atoms with van der Waals surface area (Å²) in [5.41, 5.74) is 4.18. The van der Waals surface area contributed by atoms with Gasteiger partial charge in [-0.15, -0.1) is 0 Å². The number of nitrogens with one attached hydrogen (secondary N) is 1. The number of nitrogens with zero attached hydrogens (tertiary/aromatic N) is 4. The Labute approximate surface area is 281 Å². The van der Waals surface area contributed by atoms with Gasteiger partial charge in [0, 0.05) is 70.9 Å². The average molecular weight is 750 g/mol. The van der Waals surface area contributed by atoms with Crippen molar-refractivity contribution < 1.29 is 27.9 Å². The third kappa shape index (κ3) is 11.5. The summed E-state index contributed by atoms with van der Waals surface area (Å²) >= 11 is 2.08. The molecule has 0 atom stereocenters. The first-order valence-corrected chi connectivity index (χ1v) is 18.0. The van der Waals surface area contributed by atoms with Crippen LogP contribution in [0.4, 0.5) is 17.2 Å². The summed E-state index contributed by atoms with van der Waals surface area (Å²) in [6.45, 7) is 7.82. The molecule has 242 valence electrons. The van der Waals surface area contributed by atoms with Crippen molar-refractivity contribution in [2.24, 2.45) is 0 Å². The quantitative estimate of drug-likeness (QED) is 0.0941. The monoisotopic (exact) mass is 749 g/mol. The fraction of sp³-hybridized carbons (Fsp3) is 0.438. The number of hydrogen-bond donors (Lipinski definition) is 1. The lowest BCUT2D eigenvalue weighted by molar-refractivity contribution is 0.00596. The van der Waals surface area contributed by atoms with Gasteiger partial charge in [0.2, 0.25) is 0 Å². The molecule has 2 aromatic carbocycles. The van der Waals surface area contributed by atoms with Gasteiger partial charge in [0.25, 0.3) is 0 Å². The first-order chi connectivity index (χ1) is 22.1. The van der Waals surface area contributed by atoms with Crippen molar-refractivity contribution in [2.75, 3.05) is 103 Å². The zero-order valence-electron chi connectivity index (χ0n) is 25.7. The van der Waals surface area contributed by atoms with Gasteiger partial charge in [0.05, 0.1) is 79.9 Å². The number of benzene rings is 2. The normalized spacial score (nSPS) is 13.4. The van der Waals surface area contributed by atoms with Gasteiger partial charge in [-0.2, -0.15) is 5.26 Å². The molecule has 13 heteroatoms. The van der Waals surface area contributed by atoms with Gasteiger partial charge in [0.15, 0.2) is 0 Å². The molecule has 4 rings (SSSR count). The van der Waals surface area contributed by atoms with Crippen LogP contribution in [0.2, 0.25) is 0 Å². The van der Waals surface area contributed by atoms with Gasteiger partial charge >= 0.3 is 0 Å². The number of rotatable bonds is 19. The lowest BCUT2D eigenvalue weighted by Gasteiger charge is -2.35. The van der Waals surface area contributed by atoms with E-state index < -0.39 is 0 Å². The Morgan fingerprint density at radius 2 is 1.58 bits per heavy atom. The van der Waals surface area contributed by atoms with E-state index >= 15 is 0 Å². The van der Waals surface area contributed by atoms with Gasteiger partial charge in [-0.3, -0.25) is 0 Å². The number of hydrogen-bond acceptors (Lipinski definition) is 12. The molecule has 0 aliphatic carbocycles. The molecule has 1 saturated heterocycles. The minimum atomic E-state index is 0.408. The van der Waals surface area contributed by atoms with Crippen LogP contribution in [0.25, 0.3) is 11.1 Å². The highest BCUT2D eigenvalue weighted by Gasteiger charge is 2.19. The number of pyridine rings is 1. The molecule has 0 spiro atoms. The minimum absolute atomic E-state index is 0.408. The van der Waals surface area contributed by atoms with Crippen LogP contribution in [-0.4, -0.2) is 103 Å². The van der Waals surface area contributed by atoms with Gasteiger partial charge in [0.1, 0.15) is 23.9 Å². The predicted octanol–water partition coefficient (Wildman–Crippen LogP) is 5.57. The molecule has 1 fully saturated rings. The second kappa shape index (κ2) is 19.6. The molecule has 0 bridgehead atoms. The second-order valence-electron chi connectivity index (χ2n) is 10.1. The van der Waals surface area contributed by atoms with E-state index in [9.17, 15) is 5.26 Å². The molecule has 0 radical (unpaired) electrons. The second-order valence-corrected chi connectivity index (χ2v) is 11.6. The van der Waals surface area contributed by atoms with Crippen molar-refractivity contribution in [3.63, 3.8) is 0 Å². The van der Waals surface area contributed by atoms with Gasteiger partial charge in [-0.25, -0.2) is 4.98 Å².